The Morgan fingerprint density at radius 3 is 2.03 bits per heavy atom. The molecule has 0 heterocycles. The number of ether oxygens (including phenoxy) is 1. The number of thioether (sulfide) groups is 1. The van der Waals surface area contributed by atoms with E-state index in [9.17, 15) is 0 Å². The van der Waals surface area contributed by atoms with Crippen molar-refractivity contribution in [1.29, 1.82) is 0 Å². The van der Waals surface area contributed by atoms with Gasteiger partial charge in [-0.3, -0.25) is 0 Å². The molecule has 0 atom stereocenters. The second-order valence-corrected chi connectivity index (χ2v) is 8.79. The van der Waals surface area contributed by atoms with Crippen LogP contribution in [0.4, 0.5) is 0 Å². The van der Waals surface area contributed by atoms with Gasteiger partial charge in [0.05, 0.1) is 0 Å². The molecule has 0 saturated carbocycles. The fourth-order valence-corrected chi connectivity index (χ4v) is 3.81. The molecule has 162 valence electrons. The van der Waals surface area contributed by atoms with E-state index in [1.807, 2.05) is 36.9 Å². The molecule has 2 heteroatoms. The fourth-order valence-electron chi connectivity index (χ4n) is 2.85. The van der Waals surface area contributed by atoms with Crippen LogP contribution < -0.4 is 0 Å². The summed E-state index contributed by atoms with van der Waals surface area (Å²) in [6, 6.07) is 16.7. The molecule has 0 fully saturated rings. The summed E-state index contributed by atoms with van der Waals surface area (Å²) < 4.78 is 5.89. The Morgan fingerprint density at radius 2 is 1.47 bits per heavy atom. The molecule has 0 spiro atoms. The number of hydrogen-bond donors (Lipinski definition) is 0. The topological polar surface area (TPSA) is 9.23 Å². The van der Waals surface area contributed by atoms with Crippen molar-refractivity contribution in [2.24, 2.45) is 0 Å². The first-order valence-electron chi connectivity index (χ1n) is 10.6. The van der Waals surface area contributed by atoms with Crippen LogP contribution in [-0.4, -0.2) is 11.5 Å². The Balaban J connectivity index is 0.000000375. The van der Waals surface area contributed by atoms with Gasteiger partial charge in [0.15, 0.2) is 0 Å². The molecule has 0 radical (unpaired) electrons. The largest absolute Gasteiger partial charge is 0.462 e. The summed E-state index contributed by atoms with van der Waals surface area (Å²) in [6.45, 7) is 20.6. The van der Waals surface area contributed by atoms with E-state index < -0.39 is 0 Å². The highest BCUT2D eigenvalue weighted by Crippen LogP contribution is 2.23. The maximum atomic E-state index is 5.89. The van der Waals surface area contributed by atoms with Crippen molar-refractivity contribution in [2.45, 2.75) is 54.4 Å². The molecule has 0 saturated heterocycles. The average molecular weight is 423 g/mol. The van der Waals surface area contributed by atoms with Gasteiger partial charge < -0.3 is 4.74 Å². The first-order valence-corrected chi connectivity index (χ1v) is 11.8. The number of rotatable bonds is 9. The highest BCUT2D eigenvalue weighted by atomic mass is 32.2. The van der Waals surface area contributed by atoms with Crippen LogP contribution in [0.5, 0.6) is 0 Å². The number of benzene rings is 2. The zero-order valence-electron chi connectivity index (χ0n) is 19.7. The molecule has 2 aromatic rings. The van der Waals surface area contributed by atoms with Crippen molar-refractivity contribution >= 4 is 17.5 Å². The molecule has 0 aliphatic heterocycles. The van der Waals surface area contributed by atoms with E-state index in [4.69, 9.17) is 4.74 Å². The third-order valence-electron chi connectivity index (χ3n) is 4.77. The number of allylic oxidation sites excluding steroid dienone is 1. The van der Waals surface area contributed by atoms with Crippen LogP contribution in [0.2, 0.25) is 0 Å². The maximum Gasteiger partial charge on any atom is 0.127 e. The highest BCUT2D eigenvalue weighted by Gasteiger charge is 2.06. The van der Waals surface area contributed by atoms with Crippen LogP contribution in [0, 0.1) is 13.8 Å². The molecule has 0 aromatic heterocycles. The lowest BCUT2D eigenvalue weighted by Gasteiger charge is -2.14. The minimum atomic E-state index is 0.713. The van der Waals surface area contributed by atoms with E-state index in [0.29, 0.717) is 5.76 Å². The summed E-state index contributed by atoms with van der Waals surface area (Å²) in [5, 5.41) is 0. The van der Waals surface area contributed by atoms with Crippen molar-refractivity contribution in [3.05, 3.63) is 101 Å². The molecule has 30 heavy (non-hydrogen) atoms. The van der Waals surface area contributed by atoms with Gasteiger partial charge in [0.25, 0.3) is 0 Å². The van der Waals surface area contributed by atoms with Crippen molar-refractivity contribution < 1.29 is 4.74 Å². The van der Waals surface area contributed by atoms with Crippen molar-refractivity contribution in [1.82, 2.24) is 0 Å². The van der Waals surface area contributed by atoms with Crippen LogP contribution in [0.1, 0.15) is 56.4 Å². The van der Waals surface area contributed by atoms with Crippen molar-refractivity contribution in [2.75, 3.05) is 11.5 Å². The molecule has 0 unspecified atom stereocenters. The van der Waals surface area contributed by atoms with Crippen molar-refractivity contribution in [3.8, 4) is 0 Å². The Bertz CT molecular complexity index is 860. The van der Waals surface area contributed by atoms with Gasteiger partial charge in [-0.2, -0.15) is 11.8 Å². The van der Waals surface area contributed by atoms with Gasteiger partial charge >= 0.3 is 0 Å². The standard InChI is InChI=1S/C18H24OS.C10H14/c1-13(2)11-20-12-15(4)16(5)19-17(6)18-10-8-7-9-14(18)3;1-3-6-10-8-5-4-7-9(10)2/h7-10H,1,6,11-12H2,2-5H3;4-5,7-8H,3,6H2,1-2H3/b16-15+;. The molecule has 0 aliphatic carbocycles. The zero-order valence-corrected chi connectivity index (χ0v) is 20.5. The summed E-state index contributed by atoms with van der Waals surface area (Å²) in [5.41, 5.74) is 7.60. The van der Waals surface area contributed by atoms with Crippen LogP contribution >= 0.6 is 11.8 Å². The van der Waals surface area contributed by atoms with E-state index in [0.717, 1.165) is 22.8 Å². The lowest BCUT2D eigenvalue weighted by Crippen LogP contribution is -1.96. The first kappa shape index (κ1) is 25.8. The second kappa shape index (κ2) is 13.9. The minimum Gasteiger partial charge on any atom is -0.462 e. The normalized spacial score (nSPS) is 11.1. The third kappa shape index (κ3) is 9.54. The van der Waals surface area contributed by atoms with Gasteiger partial charge in [-0.05, 0) is 63.3 Å². The first-order chi connectivity index (χ1) is 14.3. The van der Waals surface area contributed by atoms with Gasteiger partial charge in [0, 0.05) is 17.1 Å². The van der Waals surface area contributed by atoms with E-state index >= 15 is 0 Å². The van der Waals surface area contributed by atoms with Crippen molar-refractivity contribution in [3.63, 3.8) is 0 Å². The molecule has 1 nitrogen and oxygen atoms in total. The molecule has 0 N–H and O–H groups in total. The Kier molecular flexibility index (Phi) is 12.0. The molecule has 0 aliphatic rings. The Hall–Kier alpha value is -2.19. The maximum absolute atomic E-state index is 5.89. The summed E-state index contributed by atoms with van der Waals surface area (Å²) in [7, 11) is 0. The summed E-state index contributed by atoms with van der Waals surface area (Å²) in [5.74, 6) is 3.60. The molecular weight excluding hydrogens is 384 g/mol. The monoisotopic (exact) mass is 422 g/mol. The summed E-state index contributed by atoms with van der Waals surface area (Å²) in [6.07, 6.45) is 2.46. The lowest BCUT2D eigenvalue weighted by molar-refractivity contribution is 0.380. The second-order valence-electron chi connectivity index (χ2n) is 7.80. The third-order valence-corrected chi connectivity index (χ3v) is 6.10. The highest BCUT2D eigenvalue weighted by molar-refractivity contribution is 7.99. The quantitative estimate of drug-likeness (QED) is 0.296. The fraction of sp³-hybridized carbons (Fsp3) is 0.357. The van der Waals surface area contributed by atoms with Gasteiger partial charge in [-0.15, -0.1) is 0 Å². The van der Waals surface area contributed by atoms with E-state index in [2.05, 4.69) is 78.1 Å². The van der Waals surface area contributed by atoms with Crippen LogP contribution in [0.25, 0.3) is 5.76 Å². The summed E-state index contributed by atoms with van der Waals surface area (Å²) >= 11 is 1.86. The van der Waals surface area contributed by atoms with E-state index in [1.165, 1.54) is 40.7 Å². The SMILES string of the molecule is C=C(C)CSC/C(C)=C(\C)OC(=C)c1ccccc1C.CCCc1ccccc1C. The average Bonchev–Trinajstić information content (AvgIpc) is 2.70. The van der Waals surface area contributed by atoms with Crippen LogP contribution in [0.3, 0.4) is 0 Å². The van der Waals surface area contributed by atoms with E-state index in [1.54, 1.807) is 0 Å². The van der Waals surface area contributed by atoms with E-state index in [-0.39, 0.29) is 0 Å². The number of hydrogen-bond acceptors (Lipinski definition) is 2. The van der Waals surface area contributed by atoms with Crippen LogP contribution in [-0.2, 0) is 11.2 Å². The molecule has 0 amide bonds. The minimum absolute atomic E-state index is 0.713. The summed E-state index contributed by atoms with van der Waals surface area (Å²) in [4.78, 5) is 0. The zero-order chi connectivity index (χ0) is 22.5. The van der Waals surface area contributed by atoms with Crippen LogP contribution in [0.15, 0.2) is 78.6 Å². The molecule has 2 rings (SSSR count). The molecule has 0 bridgehead atoms. The van der Waals surface area contributed by atoms with Gasteiger partial charge in [-0.25, -0.2) is 0 Å². The Morgan fingerprint density at radius 1 is 0.867 bits per heavy atom. The molecular formula is C28H38OS. The number of aryl methyl sites for hydroxylation is 3. The predicted molar refractivity (Wildman–Crippen MR) is 137 cm³/mol. The van der Waals surface area contributed by atoms with Gasteiger partial charge in [-0.1, -0.05) is 80.6 Å². The predicted octanol–water partition coefficient (Wildman–Crippen LogP) is 8.53. The smallest absolute Gasteiger partial charge is 0.127 e. The Labute approximate surface area is 189 Å². The molecule has 2 aromatic carbocycles. The van der Waals surface area contributed by atoms with Gasteiger partial charge in [0.2, 0.25) is 0 Å². The lowest BCUT2D eigenvalue weighted by atomic mass is 10.1. The van der Waals surface area contributed by atoms with Gasteiger partial charge in [0.1, 0.15) is 11.5 Å².